The first-order valence-electron chi connectivity index (χ1n) is 9.68. The fourth-order valence-corrected chi connectivity index (χ4v) is 3.98. The van der Waals surface area contributed by atoms with Crippen molar-refractivity contribution in [1.82, 2.24) is 15.1 Å². The third-order valence-electron chi connectivity index (χ3n) is 5.77. The molecule has 0 aromatic heterocycles. The molecule has 148 valence electrons. The SMILES string of the molecule is CC(CC(=O)N1CCN(C(=O)c2ccc(F)cc2F)CC1)C1CCNCC1. The molecule has 5 nitrogen and oxygen atoms in total. The molecule has 3 rings (SSSR count). The van der Waals surface area contributed by atoms with Crippen molar-refractivity contribution >= 4 is 11.8 Å². The van der Waals surface area contributed by atoms with Gasteiger partial charge in [0, 0.05) is 38.7 Å². The van der Waals surface area contributed by atoms with Crippen molar-refractivity contribution in [2.45, 2.75) is 26.2 Å². The zero-order chi connectivity index (χ0) is 19.4. The van der Waals surface area contributed by atoms with Crippen molar-refractivity contribution in [2.24, 2.45) is 11.8 Å². The maximum absolute atomic E-state index is 13.8. The lowest BCUT2D eigenvalue weighted by Gasteiger charge is -2.36. The number of nitrogens with one attached hydrogen (secondary N) is 1. The van der Waals surface area contributed by atoms with Crippen LogP contribution in [0.1, 0.15) is 36.5 Å². The van der Waals surface area contributed by atoms with Gasteiger partial charge in [-0.05, 0) is 49.9 Å². The first kappa shape index (κ1) is 19.7. The van der Waals surface area contributed by atoms with E-state index < -0.39 is 17.5 Å². The van der Waals surface area contributed by atoms with Crippen molar-refractivity contribution in [3.8, 4) is 0 Å². The minimum absolute atomic E-state index is 0.126. The van der Waals surface area contributed by atoms with Crippen LogP contribution in [-0.2, 0) is 4.79 Å². The molecule has 2 saturated heterocycles. The maximum atomic E-state index is 13.8. The lowest BCUT2D eigenvalue weighted by molar-refractivity contribution is -0.134. The number of rotatable bonds is 4. The van der Waals surface area contributed by atoms with Crippen molar-refractivity contribution in [3.63, 3.8) is 0 Å². The van der Waals surface area contributed by atoms with E-state index >= 15 is 0 Å². The summed E-state index contributed by atoms with van der Waals surface area (Å²) < 4.78 is 26.8. The Morgan fingerprint density at radius 2 is 1.74 bits per heavy atom. The second-order valence-electron chi connectivity index (χ2n) is 7.57. The van der Waals surface area contributed by atoms with Crippen LogP contribution >= 0.6 is 0 Å². The zero-order valence-electron chi connectivity index (χ0n) is 15.7. The molecule has 0 radical (unpaired) electrons. The second kappa shape index (κ2) is 8.78. The third-order valence-corrected chi connectivity index (χ3v) is 5.77. The molecule has 1 atom stereocenters. The van der Waals surface area contributed by atoms with Gasteiger partial charge in [0.1, 0.15) is 11.6 Å². The fourth-order valence-electron chi connectivity index (χ4n) is 3.98. The van der Waals surface area contributed by atoms with Gasteiger partial charge in [-0.25, -0.2) is 8.78 Å². The number of carbonyl (C=O) groups is 2. The van der Waals surface area contributed by atoms with Crippen LogP contribution in [0.15, 0.2) is 18.2 Å². The molecule has 0 spiro atoms. The third kappa shape index (κ3) is 4.83. The van der Waals surface area contributed by atoms with Crippen molar-refractivity contribution in [1.29, 1.82) is 0 Å². The van der Waals surface area contributed by atoms with Gasteiger partial charge in [0.2, 0.25) is 5.91 Å². The van der Waals surface area contributed by atoms with Gasteiger partial charge in [0.15, 0.2) is 0 Å². The zero-order valence-corrected chi connectivity index (χ0v) is 15.7. The number of benzene rings is 1. The molecule has 2 aliphatic rings. The van der Waals surface area contributed by atoms with E-state index in [-0.39, 0.29) is 11.5 Å². The van der Waals surface area contributed by atoms with E-state index in [4.69, 9.17) is 0 Å². The Hall–Kier alpha value is -2.02. The second-order valence-corrected chi connectivity index (χ2v) is 7.57. The monoisotopic (exact) mass is 379 g/mol. The molecule has 27 heavy (non-hydrogen) atoms. The van der Waals surface area contributed by atoms with Crippen LogP contribution in [-0.4, -0.2) is 60.9 Å². The number of halogens is 2. The number of amides is 2. The van der Waals surface area contributed by atoms with Gasteiger partial charge >= 0.3 is 0 Å². The number of carbonyl (C=O) groups excluding carboxylic acids is 2. The molecule has 2 fully saturated rings. The highest BCUT2D eigenvalue weighted by atomic mass is 19.1. The van der Waals surface area contributed by atoms with Crippen LogP contribution < -0.4 is 5.32 Å². The molecule has 1 unspecified atom stereocenters. The van der Waals surface area contributed by atoms with E-state index in [0.29, 0.717) is 44.4 Å². The summed E-state index contributed by atoms with van der Waals surface area (Å²) in [7, 11) is 0. The van der Waals surface area contributed by atoms with E-state index in [2.05, 4.69) is 12.2 Å². The van der Waals surface area contributed by atoms with Gasteiger partial charge in [-0.3, -0.25) is 9.59 Å². The molecule has 2 heterocycles. The van der Waals surface area contributed by atoms with E-state index in [1.54, 1.807) is 4.90 Å². The number of piperidine rings is 1. The van der Waals surface area contributed by atoms with Crippen molar-refractivity contribution in [3.05, 3.63) is 35.4 Å². The topological polar surface area (TPSA) is 52.7 Å². The lowest BCUT2D eigenvalue weighted by Crippen LogP contribution is -2.51. The van der Waals surface area contributed by atoms with Gasteiger partial charge < -0.3 is 15.1 Å². The quantitative estimate of drug-likeness (QED) is 0.873. The standard InChI is InChI=1S/C20H27F2N3O2/c1-14(15-4-6-23-7-5-15)12-19(26)24-8-10-25(11-9-24)20(27)17-3-2-16(21)13-18(17)22/h2-3,13-15,23H,4-12H2,1H3. The Morgan fingerprint density at radius 3 is 2.37 bits per heavy atom. The Bertz CT molecular complexity index is 684. The highest BCUT2D eigenvalue weighted by Crippen LogP contribution is 2.25. The number of piperazine rings is 1. The summed E-state index contributed by atoms with van der Waals surface area (Å²) in [5.74, 6) is -0.951. The first-order valence-corrected chi connectivity index (χ1v) is 9.68. The van der Waals surface area contributed by atoms with Crippen LogP contribution in [0.3, 0.4) is 0 Å². The first-order chi connectivity index (χ1) is 13.0. The van der Waals surface area contributed by atoms with E-state index in [0.717, 1.165) is 38.1 Å². The highest BCUT2D eigenvalue weighted by molar-refractivity contribution is 5.94. The van der Waals surface area contributed by atoms with Crippen LogP contribution in [0.25, 0.3) is 0 Å². The normalized spacial score (nSPS) is 19.8. The molecule has 7 heteroatoms. The number of hydrogen-bond acceptors (Lipinski definition) is 3. The Labute approximate surface area is 158 Å². The van der Waals surface area contributed by atoms with Crippen LogP contribution in [0.4, 0.5) is 8.78 Å². The van der Waals surface area contributed by atoms with Gasteiger partial charge in [0.25, 0.3) is 5.91 Å². The van der Waals surface area contributed by atoms with Gasteiger partial charge in [-0.1, -0.05) is 6.92 Å². The summed E-state index contributed by atoms with van der Waals surface area (Å²) in [6.07, 6.45) is 2.76. The summed E-state index contributed by atoms with van der Waals surface area (Å²) in [4.78, 5) is 28.4. The van der Waals surface area contributed by atoms with Crippen molar-refractivity contribution < 1.29 is 18.4 Å². The summed E-state index contributed by atoms with van der Waals surface area (Å²) in [5.41, 5.74) is -0.129. The van der Waals surface area contributed by atoms with Crippen molar-refractivity contribution in [2.75, 3.05) is 39.3 Å². The van der Waals surface area contributed by atoms with Gasteiger partial charge in [0.05, 0.1) is 5.56 Å². The molecule has 1 N–H and O–H groups in total. The Morgan fingerprint density at radius 1 is 1.11 bits per heavy atom. The average Bonchev–Trinajstić information content (AvgIpc) is 2.68. The van der Waals surface area contributed by atoms with Crippen LogP contribution in [0, 0.1) is 23.5 Å². The molecule has 1 aromatic carbocycles. The minimum atomic E-state index is -0.852. The molecular formula is C20H27F2N3O2. The van der Waals surface area contributed by atoms with E-state index in [1.165, 1.54) is 11.0 Å². The molecular weight excluding hydrogens is 352 g/mol. The average molecular weight is 379 g/mol. The predicted octanol–water partition coefficient (Wildman–Crippen LogP) is 2.28. The largest absolute Gasteiger partial charge is 0.339 e. The van der Waals surface area contributed by atoms with Gasteiger partial charge in [-0.15, -0.1) is 0 Å². The number of nitrogens with zero attached hydrogens (tertiary/aromatic N) is 2. The molecule has 1 aromatic rings. The predicted molar refractivity (Wildman–Crippen MR) is 98.2 cm³/mol. The summed E-state index contributed by atoms with van der Waals surface area (Å²) in [6, 6.07) is 2.97. The molecule has 0 aliphatic carbocycles. The molecule has 2 amide bonds. The molecule has 2 aliphatic heterocycles. The summed E-state index contributed by atoms with van der Waals surface area (Å²) in [5, 5.41) is 3.34. The Kier molecular flexibility index (Phi) is 6.42. The minimum Gasteiger partial charge on any atom is -0.339 e. The highest BCUT2D eigenvalue weighted by Gasteiger charge is 2.28. The number of hydrogen-bond donors (Lipinski definition) is 1. The molecule has 0 bridgehead atoms. The maximum Gasteiger partial charge on any atom is 0.256 e. The smallest absolute Gasteiger partial charge is 0.256 e. The fraction of sp³-hybridized carbons (Fsp3) is 0.600. The Balaban J connectivity index is 1.50. The summed E-state index contributed by atoms with van der Waals surface area (Å²) >= 11 is 0. The van der Waals surface area contributed by atoms with Crippen LogP contribution in [0.2, 0.25) is 0 Å². The van der Waals surface area contributed by atoms with Crippen LogP contribution in [0.5, 0.6) is 0 Å². The van der Waals surface area contributed by atoms with E-state index in [9.17, 15) is 18.4 Å². The molecule has 0 saturated carbocycles. The van der Waals surface area contributed by atoms with Gasteiger partial charge in [-0.2, -0.15) is 0 Å². The van der Waals surface area contributed by atoms with E-state index in [1.807, 2.05) is 0 Å². The lowest BCUT2D eigenvalue weighted by atomic mass is 9.84. The summed E-state index contributed by atoms with van der Waals surface area (Å²) in [6.45, 7) is 5.81.